The summed E-state index contributed by atoms with van der Waals surface area (Å²) >= 11 is 7.51. The number of ether oxygens (including phenoxy) is 1. The van der Waals surface area contributed by atoms with Crippen molar-refractivity contribution in [1.29, 1.82) is 0 Å². The maximum atomic E-state index is 12.9. The number of hydrazone groups is 1. The highest BCUT2D eigenvalue weighted by atomic mass is 35.5. The minimum atomic E-state index is -0.247. The largest absolute Gasteiger partial charge is 0.497 e. The summed E-state index contributed by atoms with van der Waals surface area (Å²) < 4.78 is 5.30. The Kier molecular flexibility index (Phi) is 6.97. The molecule has 2 heterocycles. The highest BCUT2D eigenvalue weighted by Gasteiger charge is 2.36. The van der Waals surface area contributed by atoms with E-state index in [2.05, 4.69) is 37.9 Å². The number of amidine groups is 1. The fourth-order valence-corrected chi connectivity index (χ4v) is 5.36. The average molecular weight is 530 g/mol. The van der Waals surface area contributed by atoms with Gasteiger partial charge in [0.05, 0.1) is 23.8 Å². The van der Waals surface area contributed by atoms with Crippen molar-refractivity contribution in [2.75, 3.05) is 7.11 Å². The summed E-state index contributed by atoms with van der Waals surface area (Å²) in [5.74, 6) is 0.544. The number of nitrogens with zero attached hydrogens (tertiary/aromatic N) is 3. The number of carbonyl (C=O) groups excluding carboxylic acids is 1. The zero-order chi connectivity index (χ0) is 26.2. The quantitative estimate of drug-likeness (QED) is 0.329. The van der Waals surface area contributed by atoms with Crippen LogP contribution in [0.4, 0.5) is 0 Å². The molecule has 1 unspecified atom stereocenters. The third-order valence-electron chi connectivity index (χ3n) is 6.47. The molecule has 0 aromatic heterocycles. The van der Waals surface area contributed by atoms with Crippen molar-refractivity contribution in [1.82, 2.24) is 5.01 Å². The molecule has 0 saturated heterocycles. The van der Waals surface area contributed by atoms with Crippen LogP contribution < -0.4 is 4.74 Å². The fraction of sp³-hybridized carbons (Fsp3) is 0.233. The number of amides is 1. The van der Waals surface area contributed by atoms with Crippen LogP contribution in [0.25, 0.3) is 6.08 Å². The van der Waals surface area contributed by atoms with Gasteiger partial charge in [0.15, 0.2) is 5.17 Å². The molecule has 0 aliphatic carbocycles. The zero-order valence-corrected chi connectivity index (χ0v) is 22.8. The second kappa shape index (κ2) is 10.2. The number of carbonyl (C=O) groups is 1. The molecule has 5 rings (SSSR count). The lowest BCUT2D eigenvalue weighted by Gasteiger charge is -2.22. The van der Waals surface area contributed by atoms with Gasteiger partial charge >= 0.3 is 0 Å². The third-order valence-corrected chi connectivity index (χ3v) is 7.69. The van der Waals surface area contributed by atoms with Gasteiger partial charge < -0.3 is 4.74 Å². The molecular weight excluding hydrogens is 502 g/mol. The molecule has 0 N–H and O–H groups in total. The van der Waals surface area contributed by atoms with Crippen LogP contribution in [-0.2, 0) is 10.2 Å². The molecule has 0 bridgehead atoms. The smallest absolute Gasteiger partial charge is 0.286 e. The van der Waals surface area contributed by atoms with Gasteiger partial charge in [0.2, 0.25) is 0 Å². The molecule has 7 heteroatoms. The topological polar surface area (TPSA) is 54.3 Å². The van der Waals surface area contributed by atoms with E-state index < -0.39 is 0 Å². The van der Waals surface area contributed by atoms with E-state index >= 15 is 0 Å². The number of benzene rings is 3. The summed E-state index contributed by atoms with van der Waals surface area (Å²) in [6.45, 7) is 6.56. The monoisotopic (exact) mass is 529 g/mol. The molecule has 37 heavy (non-hydrogen) atoms. The first-order chi connectivity index (χ1) is 17.7. The zero-order valence-electron chi connectivity index (χ0n) is 21.2. The Labute approximate surface area is 226 Å². The van der Waals surface area contributed by atoms with E-state index in [1.54, 1.807) is 7.11 Å². The van der Waals surface area contributed by atoms with Crippen LogP contribution in [0.3, 0.4) is 0 Å². The summed E-state index contributed by atoms with van der Waals surface area (Å²) in [5, 5.41) is 8.06. The van der Waals surface area contributed by atoms with Crippen LogP contribution in [-0.4, -0.2) is 28.9 Å². The van der Waals surface area contributed by atoms with Gasteiger partial charge in [0, 0.05) is 11.4 Å². The molecular formula is C30H28ClN3O2S. The van der Waals surface area contributed by atoms with Crippen molar-refractivity contribution in [2.45, 2.75) is 38.6 Å². The summed E-state index contributed by atoms with van der Waals surface area (Å²) in [6.07, 6.45) is 2.58. The van der Waals surface area contributed by atoms with Gasteiger partial charge in [-0.25, -0.2) is 5.01 Å². The highest BCUT2D eigenvalue weighted by molar-refractivity contribution is 8.18. The lowest BCUT2D eigenvalue weighted by Crippen LogP contribution is -2.23. The van der Waals surface area contributed by atoms with Gasteiger partial charge in [0.25, 0.3) is 5.91 Å². The Hall–Kier alpha value is -3.35. The lowest BCUT2D eigenvalue weighted by atomic mass is 9.87. The normalized spacial score (nSPS) is 18.8. The van der Waals surface area contributed by atoms with Gasteiger partial charge in [0.1, 0.15) is 5.75 Å². The maximum absolute atomic E-state index is 12.9. The van der Waals surface area contributed by atoms with E-state index in [0.29, 0.717) is 21.5 Å². The predicted octanol–water partition coefficient (Wildman–Crippen LogP) is 7.47. The molecule has 0 spiro atoms. The Morgan fingerprint density at radius 1 is 1.00 bits per heavy atom. The number of methoxy groups -OCH3 is 1. The van der Waals surface area contributed by atoms with Crippen molar-refractivity contribution in [2.24, 2.45) is 10.1 Å². The summed E-state index contributed by atoms with van der Waals surface area (Å²) in [7, 11) is 1.65. The maximum Gasteiger partial charge on any atom is 0.286 e. The second-order valence-electron chi connectivity index (χ2n) is 10.1. The van der Waals surface area contributed by atoms with Crippen LogP contribution in [0.1, 0.15) is 55.5 Å². The van der Waals surface area contributed by atoms with Crippen LogP contribution in [0.2, 0.25) is 5.02 Å². The number of aliphatic imine (C=N–C) groups is 1. The number of halogens is 1. The molecule has 0 fully saturated rings. The third kappa shape index (κ3) is 5.50. The van der Waals surface area contributed by atoms with Crippen molar-refractivity contribution < 1.29 is 9.53 Å². The van der Waals surface area contributed by atoms with Crippen LogP contribution in [0.5, 0.6) is 5.75 Å². The molecule has 3 aromatic carbocycles. The van der Waals surface area contributed by atoms with E-state index in [4.69, 9.17) is 21.4 Å². The van der Waals surface area contributed by atoms with Crippen molar-refractivity contribution >= 4 is 46.2 Å². The molecule has 0 radical (unpaired) electrons. The molecule has 0 saturated carbocycles. The Morgan fingerprint density at radius 3 is 2.30 bits per heavy atom. The fourth-order valence-electron chi connectivity index (χ4n) is 4.32. The highest BCUT2D eigenvalue weighted by Crippen LogP contribution is 2.40. The molecule has 188 valence electrons. The SMILES string of the molecule is COc1ccc(C2=NN(C3=NC(=O)/C(=C/c4ccc(C(C)(C)C)cc4)S3)C(c3ccc(Cl)cc3)C2)cc1. The molecule has 2 aliphatic rings. The summed E-state index contributed by atoms with van der Waals surface area (Å²) in [5.41, 5.74) is 5.29. The van der Waals surface area contributed by atoms with E-state index in [9.17, 15) is 4.79 Å². The molecule has 1 amide bonds. The first-order valence-electron chi connectivity index (χ1n) is 12.1. The molecule has 1 atom stereocenters. The Bertz CT molecular complexity index is 1400. The van der Waals surface area contributed by atoms with E-state index in [1.165, 1.54) is 17.3 Å². The van der Waals surface area contributed by atoms with Gasteiger partial charge in [-0.1, -0.05) is 68.8 Å². The number of hydrogen-bond donors (Lipinski definition) is 0. The molecule has 5 nitrogen and oxygen atoms in total. The van der Waals surface area contributed by atoms with Crippen molar-refractivity contribution in [3.05, 3.63) is 105 Å². The number of thioether (sulfide) groups is 1. The first kappa shape index (κ1) is 25.3. The average Bonchev–Trinajstić information content (AvgIpc) is 3.48. The summed E-state index contributed by atoms with van der Waals surface area (Å²) in [4.78, 5) is 17.9. The minimum Gasteiger partial charge on any atom is -0.497 e. The van der Waals surface area contributed by atoms with Crippen LogP contribution >= 0.6 is 23.4 Å². The van der Waals surface area contributed by atoms with Gasteiger partial charge in [-0.2, -0.15) is 10.1 Å². The van der Waals surface area contributed by atoms with E-state index in [1.807, 2.05) is 71.7 Å². The van der Waals surface area contributed by atoms with Gasteiger partial charge in [-0.15, -0.1) is 0 Å². The second-order valence-corrected chi connectivity index (χ2v) is 11.5. The van der Waals surface area contributed by atoms with E-state index in [-0.39, 0.29) is 17.4 Å². The van der Waals surface area contributed by atoms with Crippen molar-refractivity contribution in [3.8, 4) is 5.75 Å². The van der Waals surface area contributed by atoms with Crippen molar-refractivity contribution in [3.63, 3.8) is 0 Å². The van der Waals surface area contributed by atoms with E-state index in [0.717, 1.165) is 28.2 Å². The molecule has 3 aromatic rings. The predicted molar refractivity (Wildman–Crippen MR) is 153 cm³/mol. The number of hydrogen-bond acceptors (Lipinski definition) is 5. The minimum absolute atomic E-state index is 0.0753. The Morgan fingerprint density at radius 2 is 1.68 bits per heavy atom. The summed E-state index contributed by atoms with van der Waals surface area (Å²) in [6, 6.07) is 23.8. The molecule has 2 aliphatic heterocycles. The Balaban J connectivity index is 1.44. The van der Waals surface area contributed by atoms with Gasteiger partial charge in [-0.3, -0.25) is 4.79 Å². The first-order valence-corrected chi connectivity index (χ1v) is 13.3. The van der Waals surface area contributed by atoms with Gasteiger partial charge in [-0.05, 0) is 81.9 Å². The van der Waals surface area contributed by atoms with Crippen LogP contribution in [0.15, 0.2) is 87.8 Å². The number of rotatable bonds is 4. The van der Waals surface area contributed by atoms with Crippen LogP contribution in [0, 0.1) is 0 Å². The lowest BCUT2D eigenvalue weighted by molar-refractivity contribution is -0.113. The standard InChI is InChI=1S/C30H28ClN3O2S/c1-30(2,3)22-11-5-19(6-12-22)17-27-28(35)32-29(37-27)34-26(21-7-13-23(31)14-8-21)18-25(33-34)20-9-15-24(36-4)16-10-20/h5-17,26H,18H2,1-4H3/b27-17-.